The van der Waals surface area contributed by atoms with Gasteiger partial charge in [0.2, 0.25) is 0 Å². The maximum absolute atomic E-state index is 5.53. The summed E-state index contributed by atoms with van der Waals surface area (Å²) in [6.45, 7) is 4.99. The van der Waals surface area contributed by atoms with Crippen molar-refractivity contribution in [3.8, 4) is 17.6 Å². The van der Waals surface area contributed by atoms with E-state index in [1.165, 1.54) is 63.4 Å². The molecular formula is C28H34O. The lowest BCUT2D eigenvalue weighted by atomic mass is 9.52. The van der Waals surface area contributed by atoms with Crippen molar-refractivity contribution in [1.82, 2.24) is 0 Å². The Labute approximate surface area is 176 Å². The van der Waals surface area contributed by atoms with Crippen molar-refractivity contribution >= 4 is 0 Å². The monoisotopic (exact) mass is 386 g/mol. The summed E-state index contributed by atoms with van der Waals surface area (Å²) in [7, 11) is 0. The number of benzene rings is 2. The molecule has 0 radical (unpaired) electrons. The number of rotatable bonds is 6. The van der Waals surface area contributed by atoms with Gasteiger partial charge in [0, 0.05) is 11.0 Å². The quantitative estimate of drug-likeness (QED) is 0.482. The molecule has 3 aliphatic rings. The molecule has 0 amide bonds. The first-order valence-electron chi connectivity index (χ1n) is 11.5. The zero-order valence-corrected chi connectivity index (χ0v) is 18.1. The maximum atomic E-state index is 5.53. The van der Waals surface area contributed by atoms with Crippen LogP contribution in [0.1, 0.15) is 81.9 Å². The van der Waals surface area contributed by atoms with Gasteiger partial charge in [0.1, 0.15) is 5.75 Å². The average molecular weight is 387 g/mol. The number of fused-ring (bicyclic) bond motifs is 3. The summed E-state index contributed by atoms with van der Waals surface area (Å²) in [6, 6.07) is 17.8. The summed E-state index contributed by atoms with van der Waals surface area (Å²) < 4.78 is 5.53. The SMILES string of the molecule is CCCCc1ccc(C23CCC(C#Cc4ccc(OCC)cc4)(CC2)CC3)cc1. The van der Waals surface area contributed by atoms with Gasteiger partial charge in [-0.3, -0.25) is 0 Å². The first kappa shape index (κ1) is 20.1. The van der Waals surface area contributed by atoms with E-state index in [0.717, 1.165) is 11.3 Å². The second-order valence-electron chi connectivity index (χ2n) is 9.07. The van der Waals surface area contributed by atoms with Gasteiger partial charge in [-0.1, -0.05) is 49.5 Å². The molecule has 29 heavy (non-hydrogen) atoms. The van der Waals surface area contributed by atoms with Gasteiger partial charge >= 0.3 is 0 Å². The standard InChI is InChI=1S/C28H34O/c1-3-5-6-23-7-11-25(12-8-23)28-20-17-27(18-21-28,19-22-28)16-15-24-9-13-26(14-10-24)29-4-2/h7-14H,3-6,17-22H2,1-2H3. The molecule has 2 aromatic carbocycles. The van der Waals surface area contributed by atoms with Crippen LogP contribution < -0.4 is 4.74 Å². The van der Waals surface area contributed by atoms with Crippen LogP contribution in [0.2, 0.25) is 0 Å². The number of hydrogen-bond donors (Lipinski definition) is 0. The van der Waals surface area contributed by atoms with Gasteiger partial charge in [0.15, 0.2) is 0 Å². The summed E-state index contributed by atoms with van der Waals surface area (Å²) in [5.41, 5.74) is 4.82. The number of aryl methyl sites for hydroxylation is 1. The second kappa shape index (κ2) is 8.66. The highest BCUT2D eigenvalue weighted by molar-refractivity contribution is 5.40. The van der Waals surface area contributed by atoms with Crippen molar-refractivity contribution in [1.29, 1.82) is 0 Å². The Morgan fingerprint density at radius 2 is 1.48 bits per heavy atom. The maximum Gasteiger partial charge on any atom is 0.119 e. The van der Waals surface area contributed by atoms with Crippen LogP contribution in [0.25, 0.3) is 0 Å². The Morgan fingerprint density at radius 1 is 0.828 bits per heavy atom. The van der Waals surface area contributed by atoms with E-state index in [0.29, 0.717) is 12.0 Å². The van der Waals surface area contributed by atoms with E-state index in [1.54, 1.807) is 5.56 Å². The molecular weight excluding hydrogens is 352 g/mol. The Balaban J connectivity index is 1.42. The molecule has 0 heterocycles. The first-order chi connectivity index (χ1) is 14.2. The van der Waals surface area contributed by atoms with E-state index >= 15 is 0 Å². The topological polar surface area (TPSA) is 9.23 Å². The highest BCUT2D eigenvalue weighted by atomic mass is 16.5. The van der Waals surface area contributed by atoms with E-state index < -0.39 is 0 Å². The summed E-state index contributed by atoms with van der Waals surface area (Å²) >= 11 is 0. The van der Waals surface area contributed by atoms with Gasteiger partial charge in [0.05, 0.1) is 6.61 Å². The molecule has 0 atom stereocenters. The minimum absolute atomic E-state index is 0.238. The van der Waals surface area contributed by atoms with Crippen LogP contribution in [-0.2, 0) is 11.8 Å². The van der Waals surface area contributed by atoms with E-state index in [9.17, 15) is 0 Å². The molecule has 2 bridgehead atoms. The molecule has 0 saturated heterocycles. The van der Waals surface area contributed by atoms with Gasteiger partial charge in [-0.15, -0.1) is 0 Å². The number of ether oxygens (including phenoxy) is 1. The number of unbranched alkanes of at least 4 members (excludes halogenated alkanes) is 1. The van der Waals surface area contributed by atoms with Crippen molar-refractivity contribution in [2.45, 2.75) is 77.0 Å². The van der Waals surface area contributed by atoms with Gasteiger partial charge in [-0.25, -0.2) is 0 Å². The second-order valence-corrected chi connectivity index (χ2v) is 9.07. The molecule has 0 aliphatic heterocycles. The molecule has 3 aliphatic carbocycles. The Morgan fingerprint density at radius 3 is 2.07 bits per heavy atom. The zero-order chi connectivity index (χ0) is 20.2. The molecule has 0 spiro atoms. The van der Waals surface area contributed by atoms with Crippen molar-refractivity contribution in [2.75, 3.05) is 6.61 Å². The Hall–Kier alpha value is -2.20. The van der Waals surface area contributed by atoms with Crippen LogP contribution >= 0.6 is 0 Å². The molecule has 152 valence electrons. The lowest BCUT2D eigenvalue weighted by molar-refractivity contribution is 0.0865. The lowest BCUT2D eigenvalue weighted by Gasteiger charge is -2.51. The fourth-order valence-electron chi connectivity index (χ4n) is 5.22. The van der Waals surface area contributed by atoms with E-state index in [2.05, 4.69) is 55.2 Å². The molecule has 2 aromatic rings. The largest absolute Gasteiger partial charge is 0.494 e. The average Bonchev–Trinajstić information content (AvgIpc) is 2.79. The summed E-state index contributed by atoms with van der Waals surface area (Å²) in [6.07, 6.45) is 11.4. The third-order valence-corrected chi connectivity index (χ3v) is 7.27. The lowest BCUT2D eigenvalue weighted by Crippen LogP contribution is -2.43. The predicted octanol–water partition coefficient (Wildman–Crippen LogP) is 7.07. The first-order valence-corrected chi connectivity index (χ1v) is 11.5. The van der Waals surface area contributed by atoms with Gasteiger partial charge < -0.3 is 4.74 Å². The molecule has 0 aromatic heterocycles. The highest BCUT2D eigenvalue weighted by Crippen LogP contribution is 2.57. The third kappa shape index (κ3) is 4.37. The molecule has 1 nitrogen and oxygen atoms in total. The van der Waals surface area contributed by atoms with E-state index in [4.69, 9.17) is 4.74 Å². The fourth-order valence-corrected chi connectivity index (χ4v) is 5.22. The van der Waals surface area contributed by atoms with Gasteiger partial charge in [-0.05, 0) is 99.1 Å². The van der Waals surface area contributed by atoms with Crippen molar-refractivity contribution in [3.05, 3.63) is 65.2 Å². The van der Waals surface area contributed by atoms with Crippen LogP contribution in [0, 0.1) is 17.3 Å². The van der Waals surface area contributed by atoms with Gasteiger partial charge in [-0.2, -0.15) is 0 Å². The summed E-state index contributed by atoms with van der Waals surface area (Å²) in [4.78, 5) is 0. The molecule has 0 N–H and O–H groups in total. The molecule has 1 heteroatoms. The van der Waals surface area contributed by atoms with Crippen LogP contribution in [0.15, 0.2) is 48.5 Å². The number of hydrogen-bond acceptors (Lipinski definition) is 1. The summed E-state index contributed by atoms with van der Waals surface area (Å²) in [5.74, 6) is 8.10. The smallest absolute Gasteiger partial charge is 0.119 e. The zero-order valence-electron chi connectivity index (χ0n) is 18.1. The molecule has 0 unspecified atom stereocenters. The molecule has 3 saturated carbocycles. The Kier molecular flexibility index (Phi) is 6.00. The fraction of sp³-hybridized carbons (Fsp3) is 0.500. The van der Waals surface area contributed by atoms with Crippen molar-refractivity contribution in [2.24, 2.45) is 5.41 Å². The minimum Gasteiger partial charge on any atom is -0.494 e. The van der Waals surface area contributed by atoms with Crippen LogP contribution in [0.3, 0.4) is 0 Å². The molecule has 5 rings (SSSR count). The van der Waals surface area contributed by atoms with Crippen LogP contribution in [0.5, 0.6) is 5.75 Å². The normalized spacial score (nSPS) is 25.3. The third-order valence-electron chi connectivity index (χ3n) is 7.27. The molecule has 3 fully saturated rings. The van der Waals surface area contributed by atoms with Crippen molar-refractivity contribution in [3.63, 3.8) is 0 Å². The van der Waals surface area contributed by atoms with Crippen LogP contribution in [-0.4, -0.2) is 6.61 Å². The summed E-state index contributed by atoms with van der Waals surface area (Å²) in [5, 5.41) is 0. The van der Waals surface area contributed by atoms with Crippen LogP contribution in [0.4, 0.5) is 0 Å². The van der Waals surface area contributed by atoms with Gasteiger partial charge in [0.25, 0.3) is 0 Å². The van der Waals surface area contributed by atoms with Crippen molar-refractivity contribution < 1.29 is 4.74 Å². The predicted molar refractivity (Wildman–Crippen MR) is 121 cm³/mol. The highest BCUT2D eigenvalue weighted by Gasteiger charge is 2.48. The van der Waals surface area contributed by atoms with E-state index in [1.807, 2.05) is 19.1 Å². The minimum atomic E-state index is 0.238. The van der Waals surface area contributed by atoms with E-state index in [-0.39, 0.29) is 5.41 Å². The Bertz CT molecular complexity index is 839.